The van der Waals surface area contributed by atoms with Crippen LogP contribution in [0.1, 0.15) is 30.0 Å². The van der Waals surface area contributed by atoms with Crippen LogP contribution in [0.4, 0.5) is 11.4 Å². The first-order valence-electron chi connectivity index (χ1n) is 6.86. The molecule has 0 aliphatic heterocycles. The largest absolute Gasteiger partial charge is 0.389 e. The zero-order valence-electron chi connectivity index (χ0n) is 11.9. The summed E-state index contributed by atoms with van der Waals surface area (Å²) in [6.45, 7) is 4.24. The molecular weight excluding hydrogens is 264 g/mol. The van der Waals surface area contributed by atoms with Crippen LogP contribution in [0.2, 0.25) is 0 Å². The van der Waals surface area contributed by atoms with Crippen molar-refractivity contribution in [3.63, 3.8) is 0 Å². The third-order valence-corrected chi connectivity index (χ3v) is 3.43. The summed E-state index contributed by atoms with van der Waals surface area (Å²) in [6, 6.07) is 14.5. The molecule has 0 bridgehead atoms. The second-order valence-electron chi connectivity index (χ2n) is 4.99. The van der Waals surface area contributed by atoms with Gasteiger partial charge in [-0.2, -0.15) is 0 Å². The lowest BCUT2D eigenvalue weighted by atomic mass is 10.1. The number of aryl methyl sites for hydroxylation is 2. The Balaban J connectivity index is 2.25. The van der Waals surface area contributed by atoms with Gasteiger partial charge in [0, 0.05) is 16.9 Å². The first-order chi connectivity index (χ1) is 9.60. The van der Waals surface area contributed by atoms with Crippen molar-refractivity contribution >= 4 is 28.6 Å². The monoisotopic (exact) mass is 284 g/mol. The number of rotatable bonds is 5. The molecule has 0 unspecified atom stereocenters. The Morgan fingerprint density at radius 1 is 1.15 bits per heavy atom. The highest BCUT2D eigenvalue weighted by atomic mass is 32.1. The maximum Gasteiger partial charge on any atom is 0.106 e. The number of hydrogen-bond acceptors (Lipinski definition) is 2. The minimum atomic E-state index is 0.412. The first kappa shape index (κ1) is 14.5. The van der Waals surface area contributed by atoms with Gasteiger partial charge in [-0.15, -0.1) is 0 Å². The molecule has 0 radical (unpaired) electrons. The number of hydrogen-bond donors (Lipinski definition) is 2. The van der Waals surface area contributed by atoms with E-state index in [0.717, 1.165) is 29.8 Å². The summed E-state index contributed by atoms with van der Waals surface area (Å²) >= 11 is 5.10. The molecule has 0 aliphatic rings. The maximum atomic E-state index is 5.77. The Morgan fingerprint density at radius 2 is 1.85 bits per heavy atom. The third kappa shape index (κ3) is 3.58. The molecule has 0 aromatic heterocycles. The van der Waals surface area contributed by atoms with E-state index in [1.165, 1.54) is 11.1 Å². The lowest BCUT2D eigenvalue weighted by molar-refractivity contribution is 0.922. The van der Waals surface area contributed by atoms with E-state index in [0.29, 0.717) is 4.99 Å². The Hall–Kier alpha value is -1.87. The van der Waals surface area contributed by atoms with Crippen LogP contribution in [0.3, 0.4) is 0 Å². The predicted octanol–water partition coefficient (Wildman–Crippen LogP) is 4.33. The summed E-state index contributed by atoms with van der Waals surface area (Å²) in [5, 5.41) is 3.40. The standard InChI is InChI=1S/C17H20N2S/c1-3-4-13-6-8-14(9-7-13)19-16-11-12(2)5-10-15(16)17(18)20/h5-11,19H,3-4H2,1-2H3,(H2,18,20). The lowest BCUT2D eigenvalue weighted by Gasteiger charge is -2.12. The van der Waals surface area contributed by atoms with E-state index in [1.54, 1.807) is 0 Å². The summed E-state index contributed by atoms with van der Waals surface area (Å²) in [7, 11) is 0. The van der Waals surface area contributed by atoms with Crippen molar-refractivity contribution in [1.29, 1.82) is 0 Å². The number of thiocarbonyl (C=S) groups is 1. The molecule has 2 nitrogen and oxygen atoms in total. The lowest BCUT2D eigenvalue weighted by Crippen LogP contribution is -2.12. The van der Waals surface area contributed by atoms with Gasteiger partial charge in [-0.05, 0) is 48.7 Å². The van der Waals surface area contributed by atoms with Crippen molar-refractivity contribution in [2.75, 3.05) is 5.32 Å². The van der Waals surface area contributed by atoms with Gasteiger partial charge in [-0.25, -0.2) is 0 Å². The summed E-state index contributed by atoms with van der Waals surface area (Å²) < 4.78 is 0. The van der Waals surface area contributed by atoms with Gasteiger partial charge in [-0.1, -0.05) is 43.8 Å². The molecule has 0 saturated heterocycles. The molecule has 2 aromatic carbocycles. The van der Waals surface area contributed by atoms with E-state index >= 15 is 0 Å². The molecular formula is C17H20N2S. The van der Waals surface area contributed by atoms with E-state index in [1.807, 2.05) is 12.1 Å². The summed E-state index contributed by atoms with van der Waals surface area (Å²) in [6.07, 6.45) is 2.28. The van der Waals surface area contributed by atoms with Gasteiger partial charge in [0.2, 0.25) is 0 Å². The minimum Gasteiger partial charge on any atom is -0.389 e. The number of nitrogens with one attached hydrogen (secondary N) is 1. The van der Waals surface area contributed by atoms with E-state index in [4.69, 9.17) is 18.0 Å². The van der Waals surface area contributed by atoms with Crippen LogP contribution in [0.15, 0.2) is 42.5 Å². The van der Waals surface area contributed by atoms with Gasteiger partial charge in [-0.3, -0.25) is 0 Å². The molecule has 0 amide bonds. The maximum absolute atomic E-state index is 5.77. The van der Waals surface area contributed by atoms with Crippen LogP contribution < -0.4 is 11.1 Å². The SMILES string of the molecule is CCCc1ccc(Nc2cc(C)ccc2C(N)=S)cc1. The third-order valence-electron chi connectivity index (χ3n) is 3.21. The van der Waals surface area contributed by atoms with Crippen LogP contribution in [0, 0.1) is 6.92 Å². The second-order valence-corrected chi connectivity index (χ2v) is 5.43. The number of nitrogens with two attached hydrogens (primary N) is 1. The molecule has 0 aliphatic carbocycles. The number of anilines is 2. The fraction of sp³-hybridized carbons (Fsp3) is 0.235. The Kier molecular flexibility index (Phi) is 4.74. The molecule has 0 heterocycles. The second kappa shape index (κ2) is 6.53. The van der Waals surface area contributed by atoms with Crippen molar-refractivity contribution < 1.29 is 0 Å². The average Bonchev–Trinajstić information content (AvgIpc) is 2.41. The van der Waals surface area contributed by atoms with Gasteiger partial charge in [0.25, 0.3) is 0 Å². The van der Waals surface area contributed by atoms with Crippen molar-refractivity contribution in [3.8, 4) is 0 Å². The summed E-state index contributed by atoms with van der Waals surface area (Å²) in [4.78, 5) is 0.412. The van der Waals surface area contributed by atoms with E-state index in [2.05, 4.69) is 49.5 Å². The van der Waals surface area contributed by atoms with E-state index in [-0.39, 0.29) is 0 Å². The molecule has 2 aromatic rings. The van der Waals surface area contributed by atoms with Crippen molar-refractivity contribution in [3.05, 3.63) is 59.2 Å². The fourth-order valence-electron chi connectivity index (χ4n) is 2.18. The van der Waals surface area contributed by atoms with Gasteiger partial charge < -0.3 is 11.1 Å². The van der Waals surface area contributed by atoms with Gasteiger partial charge >= 0.3 is 0 Å². The van der Waals surface area contributed by atoms with Crippen molar-refractivity contribution in [1.82, 2.24) is 0 Å². The molecule has 0 fully saturated rings. The molecule has 3 N–H and O–H groups in total. The highest BCUT2D eigenvalue weighted by Crippen LogP contribution is 2.23. The topological polar surface area (TPSA) is 38.0 Å². The molecule has 3 heteroatoms. The van der Waals surface area contributed by atoms with Crippen molar-refractivity contribution in [2.24, 2.45) is 5.73 Å². The molecule has 0 spiro atoms. The summed E-state index contributed by atoms with van der Waals surface area (Å²) in [5.74, 6) is 0. The van der Waals surface area contributed by atoms with Gasteiger partial charge in [0.1, 0.15) is 4.99 Å². The van der Waals surface area contributed by atoms with Crippen LogP contribution >= 0.6 is 12.2 Å². The zero-order chi connectivity index (χ0) is 14.5. The summed E-state index contributed by atoms with van der Waals surface area (Å²) in [5.41, 5.74) is 11.2. The average molecular weight is 284 g/mol. The molecule has 0 saturated carbocycles. The fourth-order valence-corrected chi connectivity index (χ4v) is 2.35. The van der Waals surface area contributed by atoms with Crippen LogP contribution in [0.25, 0.3) is 0 Å². The van der Waals surface area contributed by atoms with Crippen LogP contribution in [0.5, 0.6) is 0 Å². The highest BCUT2D eigenvalue weighted by Gasteiger charge is 2.06. The van der Waals surface area contributed by atoms with E-state index in [9.17, 15) is 0 Å². The predicted molar refractivity (Wildman–Crippen MR) is 90.8 cm³/mol. The Labute approximate surface area is 126 Å². The Morgan fingerprint density at radius 3 is 2.45 bits per heavy atom. The van der Waals surface area contributed by atoms with Crippen LogP contribution in [-0.2, 0) is 6.42 Å². The Bertz CT molecular complexity index is 603. The molecule has 0 atom stereocenters. The zero-order valence-corrected chi connectivity index (χ0v) is 12.8. The highest BCUT2D eigenvalue weighted by molar-refractivity contribution is 7.80. The van der Waals surface area contributed by atoms with Gasteiger partial charge in [0.05, 0.1) is 0 Å². The van der Waals surface area contributed by atoms with Crippen LogP contribution in [-0.4, -0.2) is 4.99 Å². The smallest absolute Gasteiger partial charge is 0.106 e. The van der Waals surface area contributed by atoms with E-state index < -0.39 is 0 Å². The van der Waals surface area contributed by atoms with Crippen molar-refractivity contribution in [2.45, 2.75) is 26.7 Å². The normalized spacial score (nSPS) is 10.3. The minimum absolute atomic E-state index is 0.412. The molecule has 104 valence electrons. The molecule has 20 heavy (non-hydrogen) atoms. The first-order valence-corrected chi connectivity index (χ1v) is 7.27. The molecule has 2 rings (SSSR count). The number of benzene rings is 2. The quantitative estimate of drug-likeness (QED) is 0.803. The van der Waals surface area contributed by atoms with Gasteiger partial charge in [0.15, 0.2) is 0 Å².